The number of hydrogen-bond donors (Lipinski definition) is 1. The van der Waals surface area contributed by atoms with Gasteiger partial charge in [-0.2, -0.15) is 13.2 Å². The highest BCUT2D eigenvalue weighted by Gasteiger charge is 2.66. The van der Waals surface area contributed by atoms with Crippen LogP contribution >= 0.6 is 0 Å². The Balaban J connectivity index is 1.27. The summed E-state index contributed by atoms with van der Waals surface area (Å²) < 4.78 is 46.4. The van der Waals surface area contributed by atoms with Gasteiger partial charge in [-0.15, -0.1) is 0 Å². The maximum absolute atomic E-state index is 13.9. The van der Waals surface area contributed by atoms with Crippen molar-refractivity contribution in [2.24, 2.45) is 5.92 Å². The standard InChI is InChI=1S/C26H30F3N5O2/c27-26(28,29)25(7-8-25)33-10-5-18(6-11-33)24(35)34-17-19-2-1-9-30-23(19)31-21-4-3-20(16-22(21)34)32-12-14-36-15-13-32/h1-4,9,16,18H,5-8,10-15,17H2,(H,30,31). The molecule has 0 unspecified atom stereocenters. The molecule has 1 aromatic heterocycles. The number of fused-ring (bicyclic) bond motifs is 2. The fraction of sp³-hybridized carbons (Fsp3) is 0.538. The molecule has 0 bridgehead atoms. The highest BCUT2D eigenvalue weighted by Crippen LogP contribution is 2.54. The molecule has 3 aliphatic heterocycles. The minimum absolute atomic E-state index is 0.0367. The molecule has 2 aromatic rings. The first-order valence-corrected chi connectivity index (χ1v) is 12.7. The average molecular weight is 502 g/mol. The van der Waals surface area contributed by atoms with E-state index in [2.05, 4.69) is 15.2 Å². The Morgan fingerprint density at radius 2 is 1.83 bits per heavy atom. The van der Waals surface area contributed by atoms with Gasteiger partial charge < -0.3 is 19.9 Å². The average Bonchev–Trinajstić information content (AvgIpc) is 3.72. The molecule has 1 N–H and O–H groups in total. The van der Waals surface area contributed by atoms with Crippen LogP contribution in [-0.4, -0.2) is 66.9 Å². The van der Waals surface area contributed by atoms with E-state index in [-0.39, 0.29) is 24.7 Å². The van der Waals surface area contributed by atoms with Crippen molar-refractivity contribution in [3.8, 4) is 0 Å². The summed E-state index contributed by atoms with van der Waals surface area (Å²) >= 11 is 0. The number of hydrogen-bond acceptors (Lipinski definition) is 6. The third-order valence-electron chi connectivity index (χ3n) is 8.09. The van der Waals surface area contributed by atoms with Gasteiger partial charge in [-0.3, -0.25) is 9.69 Å². The number of amides is 1. The molecule has 1 amide bonds. The Kier molecular flexibility index (Phi) is 5.83. The van der Waals surface area contributed by atoms with Crippen LogP contribution in [0.2, 0.25) is 0 Å². The van der Waals surface area contributed by atoms with Crippen LogP contribution < -0.4 is 15.1 Å². The fourth-order valence-electron chi connectivity index (χ4n) is 5.80. The maximum Gasteiger partial charge on any atom is 0.406 e. The second-order valence-corrected chi connectivity index (χ2v) is 10.2. The number of carbonyl (C=O) groups is 1. The fourth-order valence-corrected chi connectivity index (χ4v) is 5.80. The summed E-state index contributed by atoms with van der Waals surface area (Å²) in [6, 6.07) is 9.86. The molecule has 10 heteroatoms. The molecule has 0 atom stereocenters. The molecular weight excluding hydrogens is 471 g/mol. The van der Waals surface area contributed by atoms with E-state index in [1.807, 2.05) is 30.3 Å². The lowest BCUT2D eigenvalue weighted by Crippen LogP contribution is -2.52. The smallest absolute Gasteiger partial charge is 0.378 e. The topological polar surface area (TPSA) is 60.9 Å². The van der Waals surface area contributed by atoms with E-state index >= 15 is 0 Å². The van der Waals surface area contributed by atoms with Crippen molar-refractivity contribution < 1.29 is 22.7 Å². The van der Waals surface area contributed by atoms with Crippen LogP contribution in [0.15, 0.2) is 36.5 Å². The van der Waals surface area contributed by atoms with Crippen LogP contribution in [0.4, 0.5) is 36.1 Å². The van der Waals surface area contributed by atoms with Crippen molar-refractivity contribution in [2.45, 2.75) is 43.9 Å². The van der Waals surface area contributed by atoms with E-state index in [4.69, 9.17) is 4.74 Å². The second-order valence-electron chi connectivity index (χ2n) is 10.2. The van der Waals surface area contributed by atoms with E-state index < -0.39 is 11.7 Å². The number of piperidine rings is 1. The normalized spacial score (nSPS) is 22.3. The van der Waals surface area contributed by atoms with Crippen molar-refractivity contribution in [3.63, 3.8) is 0 Å². The Bertz CT molecular complexity index is 1140. The van der Waals surface area contributed by atoms with Gasteiger partial charge in [0, 0.05) is 36.5 Å². The summed E-state index contributed by atoms with van der Waals surface area (Å²) in [4.78, 5) is 24.0. The molecule has 7 nitrogen and oxygen atoms in total. The highest BCUT2D eigenvalue weighted by molar-refractivity contribution is 6.00. The van der Waals surface area contributed by atoms with Crippen molar-refractivity contribution in [1.82, 2.24) is 9.88 Å². The molecule has 0 spiro atoms. The Labute approximate surface area is 208 Å². The number of ether oxygens (including phenoxy) is 1. The predicted molar refractivity (Wildman–Crippen MR) is 131 cm³/mol. The van der Waals surface area contributed by atoms with Crippen LogP contribution in [0, 0.1) is 5.92 Å². The number of aromatic nitrogens is 1. The molecule has 6 rings (SSSR count). The summed E-state index contributed by atoms with van der Waals surface area (Å²) in [5, 5.41) is 3.39. The Morgan fingerprint density at radius 1 is 1.08 bits per heavy atom. The second kappa shape index (κ2) is 8.92. The number of rotatable bonds is 3. The van der Waals surface area contributed by atoms with Crippen molar-refractivity contribution in [2.75, 3.05) is 54.5 Å². The van der Waals surface area contributed by atoms with Crippen LogP contribution in [-0.2, 0) is 16.1 Å². The van der Waals surface area contributed by atoms with Gasteiger partial charge >= 0.3 is 6.18 Å². The maximum atomic E-state index is 13.9. The summed E-state index contributed by atoms with van der Waals surface area (Å²) in [5.74, 6) is 0.359. The molecule has 0 radical (unpaired) electrons. The van der Waals surface area contributed by atoms with E-state index in [9.17, 15) is 18.0 Å². The molecular formula is C26H30F3N5O2. The SMILES string of the molecule is O=C(C1CCN(C2(C(F)(F)F)CC2)CC1)N1Cc2cccnc2Nc2ccc(N3CCOCC3)cc21. The van der Waals surface area contributed by atoms with Crippen LogP contribution in [0.25, 0.3) is 0 Å². The van der Waals surface area contributed by atoms with Crippen LogP contribution in [0.1, 0.15) is 31.2 Å². The minimum Gasteiger partial charge on any atom is -0.378 e. The number of nitrogens with zero attached hydrogens (tertiary/aromatic N) is 4. The molecule has 36 heavy (non-hydrogen) atoms. The predicted octanol–water partition coefficient (Wildman–Crippen LogP) is 4.32. The number of alkyl halides is 3. The van der Waals surface area contributed by atoms with Gasteiger partial charge in [-0.05, 0) is 63.0 Å². The zero-order valence-corrected chi connectivity index (χ0v) is 20.1. The van der Waals surface area contributed by atoms with Crippen molar-refractivity contribution >= 4 is 28.8 Å². The third kappa shape index (κ3) is 4.10. The van der Waals surface area contributed by atoms with Crippen LogP contribution in [0.3, 0.4) is 0 Å². The Morgan fingerprint density at radius 3 is 2.53 bits per heavy atom. The van der Waals surface area contributed by atoms with Gasteiger partial charge in [0.25, 0.3) is 0 Å². The highest BCUT2D eigenvalue weighted by atomic mass is 19.4. The summed E-state index contributed by atoms with van der Waals surface area (Å²) in [5.41, 5.74) is 1.83. The van der Waals surface area contributed by atoms with E-state index in [1.54, 1.807) is 16.0 Å². The quantitative estimate of drug-likeness (QED) is 0.676. The molecule has 1 aromatic carbocycles. The lowest BCUT2D eigenvalue weighted by Gasteiger charge is -2.39. The first-order chi connectivity index (χ1) is 17.4. The van der Waals surface area contributed by atoms with Gasteiger partial charge in [0.05, 0.1) is 31.1 Å². The minimum atomic E-state index is -4.22. The van der Waals surface area contributed by atoms with Crippen molar-refractivity contribution in [1.29, 1.82) is 0 Å². The van der Waals surface area contributed by atoms with E-state index in [0.717, 1.165) is 35.7 Å². The first-order valence-electron chi connectivity index (χ1n) is 12.7. The number of benzene rings is 1. The summed E-state index contributed by atoms with van der Waals surface area (Å²) in [6.07, 6.45) is -1.32. The van der Waals surface area contributed by atoms with Crippen LogP contribution in [0.5, 0.6) is 0 Å². The lowest BCUT2D eigenvalue weighted by atomic mass is 9.93. The van der Waals surface area contributed by atoms with E-state index in [1.165, 1.54) is 0 Å². The van der Waals surface area contributed by atoms with Gasteiger partial charge in [0.15, 0.2) is 0 Å². The number of likely N-dealkylation sites (tertiary alicyclic amines) is 1. The number of nitrogens with one attached hydrogen (secondary N) is 1. The van der Waals surface area contributed by atoms with Gasteiger partial charge in [-0.1, -0.05) is 6.07 Å². The molecule has 4 heterocycles. The zero-order valence-electron chi connectivity index (χ0n) is 20.1. The number of halogens is 3. The zero-order chi connectivity index (χ0) is 24.9. The molecule has 192 valence electrons. The molecule has 1 saturated carbocycles. The Hall–Kier alpha value is -2.85. The first kappa shape index (κ1) is 23.5. The van der Waals surface area contributed by atoms with Gasteiger partial charge in [0.1, 0.15) is 11.4 Å². The number of carbonyl (C=O) groups excluding carboxylic acids is 1. The molecule has 4 aliphatic rings. The molecule has 3 fully saturated rings. The van der Waals surface area contributed by atoms with Gasteiger partial charge in [0.2, 0.25) is 5.91 Å². The number of morpholine rings is 1. The third-order valence-corrected chi connectivity index (χ3v) is 8.09. The summed E-state index contributed by atoms with van der Waals surface area (Å²) in [6.45, 7) is 3.82. The monoisotopic (exact) mass is 501 g/mol. The summed E-state index contributed by atoms with van der Waals surface area (Å²) in [7, 11) is 0. The number of anilines is 4. The van der Waals surface area contributed by atoms with Gasteiger partial charge in [-0.25, -0.2) is 4.98 Å². The largest absolute Gasteiger partial charge is 0.406 e. The van der Waals surface area contributed by atoms with E-state index in [0.29, 0.717) is 51.5 Å². The molecule has 2 saturated heterocycles. The number of pyridine rings is 1. The molecule has 1 aliphatic carbocycles. The van der Waals surface area contributed by atoms with Crippen molar-refractivity contribution in [3.05, 3.63) is 42.1 Å². The lowest BCUT2D eigenvalue weighted by molar-refractivity contribution is -0.199.